The molecule has 0 aromatic heterocycles. The van der Waals surface area contributed by atoms with Crippen molar-refractivity contribution in [2.45, 2.75) is 19.4 Å². The summed E-state index contributed by atoms with van der Waals surface area (Å²) in [5.41, 5.74) is 0.458. The van der Waals surface area contributed by atoms with Crippen LogP contribution in [0, 0.1) is 0 Å². The molecule has 0 heterocycles. The average Bonchev–Trinajstić information content (AvgIpc) is 2.17. The van der Waals surface area contributed by atoms with Crippen LogP contribution in [0.5, 0.6) is 0 Å². The predicted molar refractivity (Wildman–Crippen MR) is 58.2 cm³/mol. The molecule has 0 fully saturated rings. The minimum absolute atomic E-state index is 0.0235. The Labute approximate surface area is 88.6 Å². The second-order valence-electron chi connectivity index (χ2n) is 4.05. The van der Waals surface area contributed by atoms with E-state index in [4.69, 9.17) is 10.2 Å². The number of benzene rings is 1. The van der Waals surface area contributed by atoms with E-state index in [0.29, 0.717) is 5.69 Å². The summed E-state index contributed by atoms with van der Waals surface area (Å²) in [6.07, 6.45) is 0. The summed E-state index contributed by atoms with van der Waals surface area (Å²) in [4.78, 5) is 10.7. The summed E-state index contributed by atoms with van der Waals surface area (Å²) in [7, 11) is 0. The molecule has 1 aromatic carbocycles. The lowest BCUT2D eigenvalue weighted by molar-refractivity contribution is 0.0697. The second-order valence-corrected chi connectivity index (χ2v) is 4.05. The third-order valence-corrected chi connectivity index (χ3v) is 1.99. The lowest BCUT2D eigenvalue weighted by atomic mass is 10.1. The fourth-order valence-corrected chi connectivity index (χ4v) is 1.16. The summed E-state index contributed by atoms with van der Waals surface area (Å²) in [5, 5.41) is 20.9. The van der Waals surface area contributed by atoms with Crippen LogP contribution in [-0.4, -0.2) is 28.3 Å². The van der Waals surface area contributed by atoms with E-state index in [1.807, 2.05) is 13.8 Å². The van der Waals surface area contributed by atoms with Crippen LogP contribution >= 0.6 is 0 Å². The number of hydrogen-bond acceptors (Lipinski definition) is 3. The Morgan fingerprint density at radius 3 is 2.67 bits per heavy atom. The first-order valence-electron chi connectivity index (χ1n) is 4.67. The minimum Gasteiger partial charge on any atom is -0.478 e. The van der Waals surface area contributed by atoms with Crippen LogP contribution in [0.2, 0.25) is 0 Å². The van der Waals surface area contributed by atoms with Gasteiger partial charge in [-0.1, -0.05) is 6.07 Å². The van der Waals surface area contributed by atoms with Gasteiger partial charge in [0.25, 0.3) is 0 Å². The van der Waals surface area contributed by atoms with Gasteiger partial charge in [-0.15, -0.1) is 0 Å². The maximum Gasteiger partial charge on any atom is 0.335 e. The molecule has 0 saturated carbocycles. The van der Waals surface area contributed by atoms with Crippen molar-refractivity contribution in [3.8, 4) is 0 Å². The molecule has 1 aromatic rings. The number of hydrogen-bond donors (Lipinski definition) is 3. The van der Waals surface area contributed by atoms with Gasteiger partial charge in [0.2, 0.25) is 0 Å². The van der Waals surface area contributed by atoms with Gasteiger partial charge in [0.1, 0.15) is 0 Å². The fourth-order valence-electron chi connectivity index (χ4n) is 1.16. The molecule has 3 N–H and O–H groups in total. The monoisotopic (exact) mass is 209 g/mol. The SMILES string of the molecule is CC(C)(CO)Nc1cccc(C(=O)O)c1. The number of aromatic carboxylic acids is 1. The largest absolute Gasteiger partial charge is 0.478 e. The number of carbonyl (C=O) groups is 1. The van der Waals surface area contributed by atoms with Crippen LogP contribution in [-0.2, 0) is 0 Å². The fraction of sp³-hybridized carbons (Fsp3) is 0.364. The Kier molecular flexibility index (Phi) is 3.31. The number of carboxylic acids is 1. The zero-order valence-corrected chi connectivity index (χ0v) is 8.82. The molecule has 0 aliphatic heterocycles. The average molecular weight is 209 g/mol. The highest BCUT2D eigenvalue weighted by atomic mass is 16.4. The van der Waals surface area contributed by atoms with E-state index in [1.165, 1.54) is 6.07 Å². The molecule has 0 unspecified atom stereocenters. The van der Waals surface area contributed by atoms with Crippen molar-refractivity contribution in [1.82, 2.24) is 0 Å². The maximum absolute atomic E-state index is 10.7. The van der Waals surface area contributed by atoms with E-state index < -0.39 is 11.5 Å². The Balaban J connectivity index is 2.87. The third kappa shape index (κ3) is 3.25. The molecule has 0 aliphatic rings. The van der Waals surface area contributed by atoms with Crippen LogP contribution in [0.1, 0.15) is 24.2 Å². The van der Waals surface area contributed by atoms with Crippen molar-refractivity contribution in [1.29, 1.82) is 0 Å². The Bertz CT molecular complexity index is 361. The molecular weight excluding hydrogens is 194 g/mol. The van der Waals surface area contributed by atoms with Gasteiger partial charge < -0.3 is 15.5 Å². The summed E-state index contributed by atoms with van der Waals surface area (Å²) in [5.74, 6) is -0.958. The zero-order valence-electron chi connectivity index (χ0n) is 8.82. The molecule has 1 rings (SSSR count). The van der Waals surface area contributed by atoms with Crippen molar-refractivity contribution >= 4 is 11.7 Å². The van der Waals surface area contributed by atoms with Crippen molar-refractivity contribution in [3.63, 3.8) is 0 Å². The number of anilines is 1. The molecule has 4 nitrogen and oxygen atoms in total. The second kappa shape index (κ2) is 4.31. The number of aliphatic hydroxyl groups is 1. The van der Waals surface area contributed by atoms with Gasteiger partial charge >= 0.3 is 5.97 Å². The van der Waals surface area contributed by atoms with E-state index >= 15 is 0 Å². The Hall–Kier alpha value is -1.55. The van der Waals surface area contributed by atoms with E-state index in [9.17, 15) is 4.79 Å². The highest BCUT2D eigenvalue weighted by Crippen LogP contribution is 2.16. The van der Waals surface area contributed by atoms with Crippen molar-refractivity contribution in [2.24, 2.45) is 0 Å². The predicted octanol–water partition coefficient (Wildman–Crippen LogP) is 1.57. The summed E-state index contributed by atoms with van der Waals surface area (Å²) >= 11 is 0. The molecule has 0 amide bonds. The van der Waals surface area contributed by atoms with Crippen LogP contribution in [0.15, 0.2) is 24.3 Å². The van der Waals surface area contributed by atoms with Crippen molar-refractivity contribution in [2.75, 3.05) is 11.9 Å². The van der Waals surface area contributed by atoms with Gasteiger partial charge in [-0.25, -0.2) is 4.79 Å². The number of carboxylic acid groups (broad SMARTS) is 1. The molecule has 0 aliphatic carbocycles. The first-order chi connectivity index (χ1) is 6.94. The highest BCUT2D eigenvalue weighted by Gasteiger charge is 2.15. The van der Waals surface area contributed by atoms with E-state index in [0.717, 1.165) is 0 Å². The normalized spacial score (nSPS) is 11.1. The van der Waals surface area contributed by atoms with Gasteiger partial charge in [0.15, 0.2) is 0 Å². The van der Waals surface area contributed by atoms with Gasteiger partial charge in [0, 0.05) is 5.69 Å². The Morgan fingerprint density at radius 1 is 1.47 bits per heavy atom. The summed E-state index contributed by atoms with van der Waals surface area (Å²) in [6, 6.07) is 6.50. The van der Waals surface area contributed by atoms with Crippen LogP contribution in [0.3, 0.4) is 0 Å². The minimum atomic E-state index is -0.958. The molecule has 0 bridgehead atoms. The number of nitrogens with one attached hydrogen (secondary N) is 1. The molecule has 0 atom stereocenters. The molecule has 4 heteroatoms. The lowest BCUT2D eigenvalue weighted by Gasteiger charge is -2.25. The standard InChI is InChI=1S/C11H15NO3/c1-11(2,7-13)12-9-5-3-4-8(6-9)10(14)15/h3-6,12-13H,7H2,1-2H3,(H,14,15). The first kappa shape index (κ1) is 11.5. The molecule has 0 saturated heterocycles. The molecular formula is C11H15NO3. The Morgan fingerprint density at radius 2 is 2.13 bits per heavy atom. The summed E-state index contributed by atoms with van der Waals surface area (Å²) in [6.45, 7) is 3.64. The molecule has 0 spiro atoms. The first-order valence-corrected chi connectivity index (χ1v) is 4.67. The van der Waals surface area contributed by atoms with Crippen LogP contribution in [0.4, 0.5) is 5.69 Å². The van der Waals surface area contributed by atoms with E-state index in [-0.39, 0.29) is 12.2 Å². The quantitative estimate of drug-likeness (QED) is 0.704. The van der Waals surface area contributed by atoms with Gasteiger partial charge in [-0.05, 0) is 32.0 Å². The topological polar surface area (TPSA) is 69.6 Å². The van der Waals surface area contributed by atoms with Gasteiger partial charge in [0.05, 0.1) is 17.7 Å². The summed E-state index contributed by atoms with van der Waals surface area (Å²) < 4.78 is 0. The highest BCUT2D eigenvalue weighted by molar-refractivity contribution is 5.88. The molecule has 15 heavy (non-hydrogen) atoms. The molecule has 0 radical (unpaired) electrons. The maximum atomic E-state index is 10.7. The van der Waals surface area contributed by atoms with E-state index in [1.54, 1.807) is 18.2 Å². The van der Waals surface area contributed by atoms with Crippen molar-refractivity contribution in [3.05, 3.63) is 29.8 Å². The van der Waals surface area contributed by atoms with Crippen LogP contribution in [0.25, 0.3) is 0 Å². The van der Waals surface area contributed by atoms with E-state index in [2.05, 4.69) is 5.32 Å². The third-order valence-electron chi connectivity index (χ3n) is 1.99. The lowest BCUT2D eigenvalue weighted by Crippen LogP contribution is -2.34. The number of aliphatic hydroxyl groups excluding tert-OH is 1. The smallest absolute Gasteiger partial charge is 0.335 e. The number of rotatable bonds is 4. The molecule has 82 valence electrons. The van der Waals surface area contributed by atoms with Crippen LogP contribution < -0.4 is 5.32 Å². The van der Waals surface area contributed by atoms with Gasteiger partial charge in [-0.2, -0.15) is 0 Å². The zero-order chi connectivity index (χ0) is 11.5. The van der Waals surface area contributed by atoms with Gasteiger partial charge in [-0.3, -0.25) is 0 Å². The van der Waals surface area contributed by atoms with Crippen molar-refractivity contribution < 1.29 is 15.0 Å².